The van der Waals surface area contributed by atoms with Crippen molar-refractivity contribution in [3.8, 4) is 17.1 Å². The predicted octanol–water partition coefficient (Wildman–Crippen LogP) is 4.63. The smallest absolute Gasteiger partial charge is 0.182 e. The zero-order valence-electron chi connectivity index (χ0n) is 15.2. The van der Waals surface area contributed by atoms with Crippen LogP contribution in [0.15, 0.2) is 54.9 Å². The molecular weight excluding hydrogens is 360 g/mol. The summed E-state index contributed by atoms with van der Waals surface area (Å²) in [5.74, 6) is -0.0911. The number of aryl methyl sites for hydroxylation is 1. The zero-order valence-corrected chi connectivity index (χ0v) is 15.2. The fourth-order valence-corrected chi connectivity index (χ4v) is 3.49. The molecule has 138 valence electrons. The average molecular weight is 375 g/mol. The molecule has 0 atom stereocenters. The predicted molar refractivity (Wildman–Crippen MR) is 102 cm³/mol. The highest BCUT2D eigenvalue weighted by molar-refractivity contribution is 5.95. The number of fused-ring (bicyclic) bond motifs is 3. The summed E-state index contributed by atoms with van der Waals surface area (Å²) in [6, 6.07) is 12.4. The number of aromatic nitrogens is 5. The second kappa shape index (κ2) is 5.95. The molecule has 0 saturated heterocycles. The maximum Gasteiger partial charge on any atom is 0.182 e. The highest BCUT2D eigenvalue weighted by Crippen LogP contribution is 2.30. The first kappa shape index (κ1) is 16.6. The minimum Gasteiger partial charge on any atom is -0.298 e. The van der Waals surface area contributed by atoms with Crippen LogP contribution in [0.1, 0.15) is 11.3 Å². The largest absolute Gasteiger partial charge is 0.298 e. The maximum atomic E-state index is 13.3. The summed E-state index contributed by atoms with van der Waals surface area (Å²) in [7, 11) is 0. The fourth-order valence-electron chi connectivity index (χ4n) is 3.49. The Labute approximate surface area is 158 Å². The van der Waals surface area contributed by atoms with Crippen molar-refractivity contribution in [2.45, 2.75) is 13.8 Å². The van der Waals surface area contributed by atoms with Gasteiger partial charge in [-0.2, -0.15) is 0 Å². The van der Waals surface area contributed by atoms with Gasteiger partial charge in [-0.3, -0.25) is 4.57 Å². The van der Waals surface area contributed by atoms with Crippen LogP contribution in [0.4, 0.5) is 8.78 Å². The highest BCUT2D eigenvalue weighted by Gasteiger charge is 2.19. The molecule has 3 aromatic heterocycles. The Morgan fingerprint density at radius 2 is 1.46 bits per heavy atom. The van der Waals surface area contributed by atoms with Crippen molar-refractivity contribution in [1.82, 2.24) is 24.1 Å². The van der Waals surface area contributed by atoms with Crippen molar-refractivity contribution in [3.63, 3.8) is 0 Å². The molecule has 0 aliphatic rings. The van der Waals surface area contributed by atoms with Gasteiger partial charge >= 0.3 is 0 Å². The summed E-state index contributed by atoms with van der Waals surface area (Å²) < 4.78 is 30.2. The Morgan fingerprint density at radius 3 is 2.14 bits per heavy atom. The SMILES string of the molecule is Cc1c(C)n(-c2ccc(F)cc2)c2ncn3nc(-c4ccc(F)cc4)nc3c12. The Balaban J connectivity index is 1.77. The van der Waals surface area contributed by atoms with Crippen LogP contribution in [0, 0.1) is 25.5 Å². The van der Waals surface area contributed by atoms with E-state index in [0.29, 0.717) is 11.5 Å². The molecule has 0 saturated carbocycles. The minimum atomic E-state index is -0.306. The maximum absolute atomic E-state index is 13.3. The van der Waals surface area contributed by atoms with Crippen LogP contribution >= 0.6 is 0 Å². The molecule has 5 nitrogen and oxygen atoms in total. The van der Waals surface area contributed by atoms with E-state index >= 15 is 0 Å². The highest BCUT2D eigenvalue weighted by atomic mass is 19.1. The van der Waals surface area contributed by atoms with Gasteiger partial charge in [0.15, 0.2) is 17.1 Å². The van der Waals surface area contributed by atoms with Crippen molar-refractivity contribution in [2.24, 2.45) is 0 Å². The van der Waals surface area contributed by atoms with E-state index < -0.39 is 0 Å². The van der Waals surface area contributed by atoms with Gasteiger partial charge in [-0.05, 0) is 67.9 Å². The van der Waals surface area contributed by atoms with E-state index in [0.717, 1.165) is 33.5 Å². The van der Waals surface area contributed by atoms with Crippen molar-refractivity contribution >= 4 is 16.7 Å². The van der Waals surface area contributed by atoms with E-state index in [1.807, 2.05) is 18.4 Å². The van der Waals surface area contributed by atoms with E-state index in [-0.39, 0.29) is 11.6 Å². The third-order valence-electron chi connectivity index (χ3n) is 5.02. The summed E-state index contributed by atoms with van der Waals surface area (Å²) in [5, 5.41) is 5.37. The van der Waals surface area contributed by atoms with Gasteiger partial charge in [0.2, 0.25) is 0 Å². The molecule has 0 fully saturated rings. The van der Waals surface area contributed by atoms with Gasteiger partial charge < -0.3 is 0 Å². The quantitative estimate of drug-likeness (QED) is 0.452. The topological polar surface area (TPSA) is 48.0 Å². The summed E-state index contributed by atoms with van der Waals surface area (Å²) >= 11 is 0. The van der Waals surface area contributed by atoms with Gasteiger partial charge in [0, 0.05) is 16.9 Å². The Kier molecular flexibility index (Phi) is 3.52. The molecule has 0 aliphatic heterocycles. The summed E-state index contributed by atoms with van der Waals surface area (Å²) in [6.45, 7) is 4.00. The Bertz CT molecular complexity index is 1330. The third-order valence-corrected chi connectivity index (χ3v) is 5.02. The standard InChI is InChI=1S/C21H15F2N5/c1-12-13(2)28(17-9-7-16(23)8-10-17)20-18(12)21-25-19(26-27(21)11-24-20)14-3-5-15(22)6-4-14/h3-11H,1-2H3. The second-order valence-electron chi connectivity index (χ2n) is 6.68. The van der Waals surface area contributed by atoms with Crippen LogP contribution in [0.3, 0.4) is 0 Å². The first-order chi connectivity index (χ1) is 13.5. The molecule has 0 N–H and O–H groups in total. The van der Waals surface area contributed by atoms with E-state index in [1.54, 1.807) is 35.1 Å². The number of halogens is 2. The lowest BCUT2D eigenvalue weighted by molar-refractivity contribution is 0.627. The summed E-state index contributed by atoms with van der Waals surface area (Å²) in [5.41, 5.74) is 4.97. The normalized spacial score (nSPS) is 11.6. The molecule has 0 bridgehead atoms. The van der Waals surface area contributed by atoms with Gasteiger partial charge in [-0.15, -0.1) is 5.10 Å². The monoisotopic (exact) mass is 375 g/mol. The van der Waals surface area contributed by atoms with Gasteiger partial charge in [0.1, 0.15) is 18.0 Å². The molecule has 0 unspecified atom stereocenters. The van der Waals surface area contributed by atoms with Crippen molar-refractivity contribution in [1.29, 1.82) is 0 Å². The van der Waals surface area contributed by atoms with Crippen LogP contribution < -0.4 is 0 Å². The van der Waals surface area contributed by atoms with Crippen LogP contribution in [-0.4, -0.2) is 24.1 Å². The molecule has 5 rings (SSSR count). The average Bonchev–Trinajstić information content (AvgIpc) is 3.23. The molecule has 0 spiro atoms. The van der Waals surface area contributed by atoms with E-state index in [1.165, 1.54) is 24.3 Å². The van der Waals surface area contributed by atoms with Crippen molar-refractivity contribution in [3.05, 3.63) is 77.8 Å². The number of hydrogen-bond donors (Lipinski definition) is 0. The van der Waals surface area contributed by atoms with Gasteiger partial charge in [-0.25, -0.2) is 23.3 Å². The molecule has 0 aliphatic carbocycles. The first-order valence-corrected chi connectivity index (χ1v) is 8.78. The molecular formula is C21H15F2N5. The lowest BCUT2D eigenvalue weighted by Gasteiger charge is -2.07. The van der Waals surface area contributed by atoms with E-state index in [9.17, 15) is 8.78 Å². The summed E-state index contributed by atoms with van der Waals surface area (Å²) in [6.07, 6.45) is 1.61. The lowest BCUT2D eigenvalue weighted by Crippen LogP contribution is -1.99. The number of rotatable bonds is 2. The van der Waals surface area contributed by atoms with E-state index in [4.69, 9.17) is 0 Å². The number of nitrogens with zero attached hydrogens (tertiary/aromatic N) is 5. The molecule has 7 heteroatoms. The van der Waals surface area contributed by atoms with Gasteiger partial charge in [0.25, 0.3) is 0 Å². The molecule has 5 aromatic rings. The molecule has 28 heavy (non-hydrogen) atoms. The minimum absolute atomic E-state index is 0.286. The van der Waals surface area contributed by atoms with Crippen molar-refractivity contribution in [2.75, 3.05) is 0 Å². The van der Waals surface area contributed by atoms with Crippen LogP contribution in [-0.2, 0) is 0 Å². The van der Waals surface area contributed by atoms with Gasteiger partial charge in [0.05, 0.1) is 5.39 Å². The zero-order chi connectivity index (χ0) is 19.4. The molecule has 0 amide bonds. The molecule has 3 heterocycles. The fraction of sp³-hybridized carbons (Fsp3) is 0.0952. The van der Waals surface area contributed by atoms with Gasteiger partial charge in [-0.1, -0.05) is 0 Å². The number of benzene rings is 2. The molecule has 0 radical (unpaired) electrons. The Hall–Kier alpha value is -3.61. The van der Waals surface area contributed by atoms with Crippen molar-refractivity contribution < 1.29 is 8.78 Å². The number of hydrogen-bond acceptors (Lipinski definition) is 3. The second-order valence-corrected chi connectivity index (χ2v) is 6.68. The summed E-state index contributed by atoms with van der Waals surface area (Å²) in [4.78, 5) is 9.26. The lowest BCUT2D eigenvalue weighted by atomic mass is 10.2. The van der Waals surface area contributed by atoms with Crippen LogP contribution in [0.2, 0.25) is 0 Å². The Morgan fingerprint density at radius 1 is 0.821 bits per heavy atom. The van der Waals surface area contributed by atoms with Crippen LogP contribution in [0.25, 0.3) is 33.8 Å². The first-order valence-electron chi connectivity index (χ1n) is 8.78. The third kappa shape index (κ3) is 2.40. The van der Waals surface area contributed by atoms with Crippen LogP contribution in [0.5, 0.6) is 0 Å². The van der Waals surface area contributed by atoms with E-state index in [2.05, 4.69) is 15.1 Å². The molecule has 2 aromatic carbocycles.